The van der Waals surface area contributed by atoms with Gasteiger partial charge in [0.25, 0.3) is 0 Å². The molecule has 0 saturated heterocycles. The van der Waals surface area contributed by atoms with E-state index in [1.165, 1.54) is 0 Å². The molecular weight excluding hydrogens is 262 g/mol. The van der Waals surface area contributed by atoms with Crippen molar-refractivity contribution in [3.05, 3.63) is 60.2 Å². The molecule has 4 heteroatoms. The van der Waals surface area contributed by atoms with Gasteiger partial charge in [0, 0.05) is 36.6 Å². The largest absolute Gasteiger partial charge is 0.388 e. The number of hydrogen-bond acceptors (Lipinski definition) is 4. The third-order valence-electron chi connectivity index (χ3n) is 4.37. The first-order valence-corrected chi connectivity index (χ1v) is 7.44. The molecule has 21 heavy (non-hydrogen) atoms. The highest BCUT2D eigenvalue weighted by atomic mass is 16.3. The Labute approximate surface area is 125 Å². The molecule has 110 valence electrons. The fourth-order valence-electron chi connectivity index (χ4n) is 2.69. The average molecular weight is 283 g/mol. The number of aromatic nitrogens is 2. The minimum absolute atomic E-state index is 0.0299. The first-order chi connectivity index (χ1) is 10.2. The number of benzene rings is 1. The minimum Gasteiger partial charge on any atom is -0.388 e. The summed E-state index contributed by atoms with van der Waals surface area (Å²) in [4.78, 5) is 8.41. The Morgan fingerprint density at radius 1 is 1.24 bits per heavy atom. The maximum atomic E-state index is 10.6. The zero-order chi connectivity index (χ0) is 14.7. The van der Waals surface area contributed by atoms with E-state index in [0.717, 1.165) is 30.6 Å². The highest BCUT2D eigenvalue weighted by Crippen LogP contribution is 2.54. The summed E-state index contributed by atoms with van der Waals surface area (Å²) in [7, 11) is 0. The molecule has 1 aliphatic rings. The predicted octanol–water partition coefficient (Wildman–Crippen LogP) is 2.64. The van der Waals surface area contributed by atoms with E-state index in [0.29, 0.717) is 0 Å². The predicted molar refractivity (Wildman–Crippen MR) is 81.5 cm³/mol. The Morgan fingerprint density at radius 2 is 2.00 bits per heavy atom. The average Bonchev–Trinajstić information content (AvgIpc) is 3.35. The zero-order valence-electron chi connectivity index (χ0n) is 12.2. The fourth-order valence-corrected chi connectivity index (χ4v) is 2.69. The molecule has 2 atom stereocenters. The smallest absolute Gasteiger partial charge is 0.0858 e. The normalized spacial score (nSPS) is 19.0. The van der Waals surface area contributed by atoms with E-state index in [-0.39, 0.29) is 11.5 Å². The molecule has 1 saturated carbocycles. The molecule has 2 aromatic rings. The molecule has 2 unspecified atom stereocenters. The number of hydrogen-bond donors (Lipinski definition) is 2. The topological polar surface area (TPSA) is 58.0 Å². The van der Waals surface area contributed by atoms with Gasteiger partial charge in [-0.2, -0.15) is 0 Å². The molecule has 2 N–H and O–H groups in total. The SMILES string of the molecule is CC(NCC1(C(O)c2ccccc2)CC1)c1cnccn1. The fraction of sp³-hybridized carbons (Fsp3) is 0.412. The van der Waals surface area contributed by atoms with Crippen molar-refractivity contribution < 1.29 is 5.11 Å². The van der Waals surface area contributed by atoms with Gasteiger partial charge < -0.3 is 10.4 Å². The molecule has 1 fully saturated rings. The number of rotatable bonds is 6. The highest BCUT2D eigenvalue weighted by Gasteiger charge is 2.49. The van der Waals surface area contributed by atoms with E-state index in [2.05, 4.69) is 22.2 Å². The lowest BCUT2D eigenvalue weighted by Crippen LogP contribution is -2.31. The summed E-state index contributed by atoms with van der Waals surface area (Å²) in [6.45, 7) is 2.87. The molecule has 0 aliphatic heterocycles. The van der Waals surface area contributed by atoms with Crippen LogP contribution in [0.5, 0.6) is 0 Å². The van der Waals surface area contributed by atoms with Gasteiger partial charge in [0.15, 0.2) is 0 Å². The summed E-state index contributed by atoms with van der Waals surface area (Å²) in [6.07, 6.45) is 6.88. The van der Waals surface area contributed by atoms with Gasteiger partial charge in [0.05, 0.1) is 11.8 Å². The number of aliphatic hydroxyl groups excluding tert-OH is 1. The molecule has 0 bridgehead atoms. The number of aliphatic hydroxyl groups is 1. The van der Waals surface area contributed by atoms with Crippen LogP contribution in [0.25, 0.3) is 0 Å². The van der Waals surface area contributed by atoms with E-state index in [1.54, 1.807) is 18.6 Å². The zero-order valence-corrected chi connectivity index (χ0v) is 12.2. The van der Waals surface area contributed by atoms with E-state index in [4.69, 9.17) is 0 Å². The number of nitrogens with zero attached hydrogens (tertiary/aromatic N) is 2. The first kappa shape index (κ1) is 14.2. The van der Waals surface area contributed by atoms with Crippen molar-refractivity contribution in [2.24, 2.45) is 5.41 Å². The third-order valence-corrected chi connectivity index (χ3v) is 4.37. The maximum absolute atomic E-state index is 10.6. The molecule has 4 nitrogen and oxygen atoms in total. The molecular formula is C17H21N3O. The van der Waals surface area contributed by atoms with Crippen LogP contribution in [0.2, 0.25) is 0 Å². The second-order valence-corrected chi connectivity index (χ2v) is 5.91. The van der Waals surface area contributed by atoms with Gasteiger partial charge in [-0.1, -0.05) is 30.3 Å². The molecule has 0 spiro atoms. The van der Waals surface area contributed by atoms with Crippen LogP contribution in [0.3, 0.4) is 0 Å². The van der Waals surface area contributed by atoms with E-state index in [9.17, 15) is 5.11 Å². The number of nitrogens with one attached hydrogen (secondary N) is 1. The van der Waals surface area contributed by atoms with E-state index >= 15 is 0 Å². The summed E-state index contributed by atoms with van der Waals surface area (Å²) in [6, 6.07) is 10.1. The molecule has 1 aromatic carbocycles. The second-order valence-electron chi connectivity index (χ2n) is 5.91. The van der Waals surface area contributed by atoms with Crippen molar-refractivity contribution in [3.8, 4) is 0 Å². The van der Waals surface area contributed by atoms with Crippen LogP contribution in [-0.2, 0) is 0 Å². The van der Waals surface area contributed by atoms with Gasteiger partial charge >= 0.3 is 0 Å². The van der Waals surface area contributed by atoms with Crippen molar-refractivity contribution >= 4 is 0 Å². The first-order valence-electron chi connectivity index (χ1n) is 7.44. The van der Waals surface area contributed by atoms with Crippen LogP contribution in [-0.4, -0.2) is 21.6 Å². The summed E-state index contributed by atoms with van der Waals surface area (Å²) in [5.41, 5.74) is 1.91. The van der Waals surface area contributed by atoms with Crippen molar-refractivity contribution in [2.45, 2.75) is 31.9 Å². The Morgan fingerprint density at radius 3 is 2.62 bits per heavy atom. The maximum Gasteiger partial charge on any atom is 0.0858 e. The van der Waals surface area contributed by atoms with Crippen LogP contribution < -0.4 is 5.32 Å². The molecule has 1 aliphatic carbocycles. The van der Waals surface area contributed by atoms with E-state index in [1.807, 2.05) is 30.3 Å². The lowest BCUT2D eigenvalue weighted by Gasteiger charge is -2.25. The summed E-state index contributed by atoms with van der Waals surface area (Å²) in [5, 5.41) is 14.1. The summed E-state index contributed by atoms with van der Waals surface area (Å²) < 4.78 is 0. The Hall–Kier alpha value is -1.78. The van der Waals surface area contributed by atoms with Gasteiger partial charge in [0.1, 0.15) is 0 Å². The Balaban J connectivity index is 1.62. The van der Waals surface area contributed by atoms with Crippen molar-refractivity contribution in [1.82, 2.24) is 15.3 Å². The highest BCUT2D eigenvalue weighted by molar-refractivity contribution is 5.22. The Kier molecular flexibility index (Phi) is 3.99. The van der Waals surface area contributed by atoms with Gasteiger partial charge in [-0.05, 0) is 25.3 Å². The van der Waals surface area contributed by atoms with Crippen LogP contribution >= 0.6 is 0 Å². The van der Waals surface area contributed by atoms with Gasteiger partial charge in [0.2, 0.25) is 0 Å². The minimum atomic E-state index is -0.403. The van der Waals surface area contributed by atoms with Crippen molar-refractivity contribution in [1.29, 1.82) is 0 Å². The molecule has 0 amide bonds. The molecule has 1 aromatic heterocycles. The third kappa shape index (κ3) is 3.12. The second kappa shape index (κ2) is 5.92. The Bertz CT molecular complexity index is 569. The van der Waals surface area contributed by atoms with Gasteiger partial charge in [-0.15, -0.1) is 0 Å². The summed E-state index contributed by atoms with van der Waals surface area (Å²) in [5.74, 6) is 0. The quantitative estimate of drug-likeness (QED) is 0.855. The van der Waals surface area contributed by atoms with Crippen molar-refractivity contribution in [2.75, 3.05) is 6.54 Å². The molecule has 0 radical (unpaired) electrons. The van der Waals surface area contributed by atoms with Crippen LogP contribution in [0.15, 0.2) is 48.9 Å². The summed E-state index contributed by atoms with van der Waals surface area (Å²) >= 11 is 0. The van der Waals surface area contributed by atoms with Gasteiger partial charge in [-0.3, -0.25) is 9.97 Å². The van der Waals surface area contributed by atoms with E-state index < -0.39 is 6.10 Å². The lowest BCUT2D eigenvalue weighted by molar-refractivity contribution is 0.0902. The lowest BCUT2D eigenvalue weighted by atomic mass is 9.92. The molecule has 3 rings (SSSR count). The van der Waals surface area contributed by atoms with Crippen LogP contribution in [0, 0.1) is 5.41 Å². The van der Waals surface area contributed by atoms with Gasteiger partial charge in [-0.25, -0.2) is 0 Å². The monoisotopic (exact) mass is 283 g/mol. The van der Waals surface area contributed by atoms with Crippen LogP contribution in [0.1, 0.15) is 43.2 Å². The standard InChI is InChI=1S/C17H21N3O/c1-13(15-11-18-9-10-19-15)20-12-17(7-8-17)16(21)14-5-3-2-4-6-14/h2-6,9-11,13,16,20-21H,7-8,12H2,1H3. The molecule has 1 heterocycles. The van der Waals surface area contributed by atoms with Crippen LogP contribution in [0.4, 0.5) is 0 Å². The van der Waals surface area contributed by atoms with Crippen molar-refractivity contribution in [3.63, 3.8) is 0 Å².